The van der Waals surface area contributed by atoms with Gasteiger partial charge in [-0.1, -0.05) is 19.9 Å². The molecule has 0 saturated heterocycles. The van der Waals surface area contributed by atoms with E-state index >= 15 is 0 Å². The Bertz CT molecular complexity index is 727. The number of hydrogen-bond donors (Lipinski definition) is 3. The van der Waals surface area contributed by atoms with Gasteiger partial charge in [0.25, 0.3) is 11.8 Å². The summed E-state index contributed by atoms with van der Waals surface area (Å²) in [6.07, 6.45) is 1.95. The summed E-state index contributed by atoms with van der Waals surface area (Å²) in [4.78, 5) is 37.1. The standard InChI is InChI=1S/C18H23N3O4/c1-4-11(2)17(24)20-14-7-5-6-13(12(14)3)19-15-10-16(23)21(8-9-22)18(15)25/h5-7,10-11,19,22H,4,8-9H2,1-3H3,(H,20,24). The largest absolute Gasteiger partial charge is 0.395 e. The molecule has 0 fully saturated rings. The van der Waals surface area contributed by atoms with Crippen LogP contribution in [0.5, 0.6) is 0 Å². The van der Waals surface area contributed by atoms with Gasteiger partial charge in [-0.05, 0) is 31.0 Å². The lowest BCUT2D eigenvalue weighted by Gasteiger charge is -2.17. The lowest BCUT2D eigenvalue weighted by Crippen LogP contribution is -2.34. The summed E-state index contributed by atoms with van der Waals surface area (Å²) < 4.78 is 0. The van der Waals surface area contributed by atoms with E-state index in [9.17, 15) is 14.4 Å². The van der Waals surface area contributed by atoms with Crippen molar-refractivity contribution in [2.45, 2.75) is 27.2 Å². The van der Waals surface area contributed by atoms with Gasteiger partial charge in [0.15, 0.2) is 0 Å². The summed E-state index contributed by atoms with van der Waals surface area (Å²) in [7, 11) is 0. The minimum Gasteiger partial charge on any atom is -0.395 e. The highest BCUT2D eigenvalue weighted by Crippen LogP contribution is 2.26. The highest BCUT2D eigenvalue weighted by molar-refractivity contribution is 6.17. The lowest BCUT2D eigenvalue weighted by atomic mass is 10.1. The molecule has 3 N–H and O–H groups in total. The Balaban J connectivity index is 2.18. The molecular formula is C18H23N3O4. The molecule has 1 aromatic carbocycles. The molecule has 1 heterocycles. The van der Waals surface area contributed by atoms with Gasteiger partial charge >= 0.3 is 0 Å². The van der Waals surface area contributed by atoms with E-state index in [0.29, 0.717) is 11.4 Å². The number of anilines is 2. The predicted molar refractivity (Wildman–Crippen MR) is 94.8 cm³/mol. The van der Waals surface area contributed by atoms with Gasteiger partial charge in [0.1, 0.15) is 5.70 Å². The number of benzene rings is 1. The smallest absolute Gasteiger partial charge is 0.277 e. The lowest BCUT2D eigenvalue weighted by molar-refractivity contribution is -0.137. The Morgan fingerprint density at radius 3 is 2.60 bits per heavy atom. The number of carbonyl (C=O) groups excluding carboxylic acids is 3. The summed E-state index contributed by atoms with van der Waals surface area (Å²) >= 11 is 0. The van der Waals surface area contributed by atoms with Crippen molar-refractivity contribution < 1.29 is 19.5 Å². The van der Waals surface area contributed by atoms with Crippen LogP contribution in [0.25, 0.3) is 0 Å². The molecule has 0 spiro atoms. The molecule has 0 aromatic heterocycles. The number of hydrogen-bond acceptors (Lipinski definition) is 5. The average Bonchev–Trinajstić information content (AvgIpc) is 2.85. The first-order chi connectivity index (χ1) is 11.9. The molecular weight excluding hydrogens is 322 g/mol. The van der Waals surface area contributed by atoms with Crippen molar-refractivity contribution in [3.8, 4) is 0 Å². The van der Waals surface area contributed by atoms with Crippen LogP contribution in [0, 0.1) is 12.8 Å². The van der Waals surface area contributed by atoms with Crippen molar-refractivity contribution in [3.05, 3.63) is 35.5 Å². The van der Waals surface area contributed by atoms with Crippen LogP contribution in [-0.4, -0.2) is 40.9 Å². The molecule has 25 heavy (non-hydrogen) atoms. The zero-order chi connectivity index (χ0) is 18.6. The minimum atomic E-state index is -0.479. The molecule has 7 heteroatoms. The molecule has 1 atom stereocenters. The third-order valence-corrected chi connectivity index (χ3v) is 4.25. The first-order valence-corrected chi connectivity index (χ1v) is 8.24. The SMILES string of the molecule is CCC(C)C(=O)Nc1cccc(NC2=CC(=O)N(CCO)C2=O)c1C. The zero-order valence-electron chi connectivity index (χ0n) is 14.6. The van der Waals surface area contributed by atoms with Crippen molar-refractivity contribution in [2.24, 2.45) is 5.92 Å². The van der Waals surface area contributed by atoms with Crippen molar-refractivity contribution in [2.75, 3.05) is 23.8 Å². The van der Waals surface area contributed by atoms with Crippen molar-refractivity contribution >= 4 is 29.1 Å². The average molecular weight is 345 g/mol. The Hall–Kier alpha value is -2.67. The van der Waals surface area contributed by atoms with E-state index in [0.717, 1.165) is 16.9 Å². The van der Waals surface area contributed by atoms with Gasteiger partial charge in [-0.3, -0.25) is 19.3 Å². The molecule has 1 aliphatic heterocycles. The first kappa shape index (κ1) is 18.7. The molecule has 1 unspecified atom stereocenters. The van der Waals surface area contributed by atoms with Crippen LogP contribution in [0.15, 0.2) is 30.0 Å². The Kier molecular flexibility index (Phi) is 5.93. The number of aliphatic hydroxyl groups is 1. The van der Waals surface area contributed by atoms with Crippen molar-refractivity contribution in [1.29, 1.82) is 0 Å². The number of imide groups is 1. The van der Waals surface area contributed by atoms with Gasteiger partial charge in [0.2, 0.25) is 5.91 Å². The molecule has 0 bridgehead atoms. The van der Waals surface area contributed by atoms with E-state index in [-0.39, 0.29) is 30.7 Å². The van der Waals surface area contributed by atoms with Gasteiger partial charge in [-0.25, -0.2) is 0 Å². The van der Waals surface area contributed by atoms with Gasteiger partial charge in [0, 0.05) is 23.4 Å². The van der Waals surface area contributed by atoms with Crippen LogP contribution in [0.1, 0.15) is 25.8 Å². The maximum absolute atomic E-state index is 12.2. The molecule has 1 aromatic rings. The summed E-state index contributed by atoms with van der Waals surface area (Å²) in [5.74, 6) is -1.10. The second-order valence-corrected chi connectivity index (χ2v) is 5.98. The van der Waals surface area contributed by atoms with Crippen molar-refractivity contribution in [1.82, 2.24) is 4.90 Å². The number of carbonyl (C=O) groups is 3. The molecule has 0 saturated carbocycles. The molecule has 1 aliphatic rings. The minimum absolute atomic E-state index is 0.0384. The Morgan fingerprint density at radius 2 is 1.96 bits per heavy atom. The second kappa shape index (κ2) is 7.94. The summed E-state index contributed by atoms with van der Waals surface area (Å²) in [6.45, 7) is 5.30. The van der Waals surface area contributed by atoms with Gasteiger partial charge in [-0.15, -0.1) is 0 Å². The fourth-order valence-corrected chi connectivity index (χ4v) is 2.40. The van der Waals surface area contributed by atoms with Crippen LogP contribution in [0.4, 0.5) is 11.4 Å². The summed E-state index contributed by atoms with van der Waals surface area (Å²) in [5.41, 5.74) is 2.19. The Labute approximate surface area is 146 Å². The third kappa shape index (κ3) is 4.06. The topological polar surface area (TPSA) is 98.7 Å². The third-order valence-electron chi connectivity index (χ3n) is 4.25. The molecule has 0 aliphatic carbocycles. The van der Waals surface area contributed by atoms with Crippen LogP contribution >= 0.6 is 0 Å². The predicted octanol–water partition coefficient (Wildman–Crippen LogP) is 1.64. The van der Waals surface area contributed by atoms with Crippen molar-refractivity contribution in [3.63, 3.8) is 0 Å². The first-order valence-electron chi connectivity index (χ1n) is 8.24. The Morgan fingerprint density at radius 1 is 1.28 bits per heavy atom. The van der Waals surface area contributed by atoms with Crippen LogP contribution in [0.2, 0.25) is 0 Å². The normalized spacial score (nSPS) is 15.2. The second-order valence-electron chi connectivity index (χ2n) is 5.98. The number of amides is 3. The number of nitrogens with one attached hydrogen (secondary N) is 2. The van der Waals surface area contributed by atoms with E-state index in [4.69, 9.17) is 5.11 Å². The van der Waals surface area contributed by atoms with E-state index in [2.05, 4.69) is 10.6 Å². The molecule has 2 rings (SSSR count). The quantitative estimate of drug-likeness (QED) is 0.653. The fraction of sp³-hybridized carbons (Fsp3) is 0.389. The van der Waals surface area contributed by atoms with Crippen LogP contribution in [-0.2, 0) is 14.4 Å². The maximum atomic E-state index is 12.2. The number of aliphatic hydroxyl groups excluding tert-OH is 1. The van der Waals surface area contributed by atoms with Gasteiger partial charge in [0.05, 0.1) is 13.2 Å². The number of rotatable bonds is 7. The highest BCUT2D eigenvalue weighted by Gasteiger charge is 2.30. The highest BCUT2D eigenvalue weighted by atomic mass is 16.3. The summed E-state index contributed by atoms with van der Waals surface area (Å²) in [5, 5.41) is 14.8. The summed E-state index contributed by atoms with van der Waals surface area (Å²) in [6, 6.07) is 5.31. The number of nitrogens with zero attached hydrogens (tertiary/aromatic N) is 1. The van der Waals surface area contributed by atoms with E-state index < -0.39 is 11.8 Å². The van der Waals surface area contributed by atoms with Gasteiger partial charge in [-0.2, -0.15) is 0 Å². The van der Waals surface area contributed by atoms with Crippen LogP contribution in [0.3, 0.4) is 0 Å². The molecule has 0 radical (unpaired) electrons. The van der Waals surface area contributed by atoms with E-state index in [1.807, 2.05) is 20.8 Å². The molecule has 3 amide bonds. The van der Waals surface area contributed by atoms with Crippen LogP contribution < -0.4 is 10.6 Å². The zero-order valence-corrected chi connectivity index (χ0v) is 14.6. The fourth-order valence-electron chi connectivity index (χ4n) is 2.40. The van der Waals surface area contributed by atoms with Gasteiger partial charge < -0.3 is 15.7 Å². The monoisotopic (exact) mass is 345 g/mol. The van der Waals surface area contributed by atoms with E-state index in [1.165, 1.54) is 6.08 Å². The maximum Gasteiger partial charge on any atom is 0.277 e. The molecule has 134 valence electrons. The van der Waals surface area contributed by atoms with E-state index in [1.54, 1.807) is 18.2 Å². The molecule has 7 nitrogen and oxygen atoms in total. The number of β-amino-alcohol motifs (C(OH)–C–C–N with tert-alkyl or cyclic N) is 1.